The SMILES string of the molecule is Cc1cc(NCC2CCC(C)C2)c(C#N)c(C)n1. The molecule has 3 nitrogen and oxygen atoms in total. The Morgan fingerprint density at radius 3 is 2.83 bits per heavy atom. The molecular formula is C15H21N3. The van der Waals surface area contributed by atoms with Gasteiger partial charge >= 0.3 is 0 Å². The minimum absolute atomic E-state index is 0.687. The van der Waals surface area contributed by atoms with Crippen LogP contribution in [-0.4, -0.2) is 11.5 Å². The van der Waals surface area contributed by atoms with Crippen molar-refractivity contribution in [2.24, 2.45) is 11.8 Å². The normalized spacial score (nSPS) is 22.8. The summed E-state index contributed by atoms with van der Waals surface area (Å²) in [5.41, 5.74) is 3.42. The van der Waals surface area contributed by atoms with E-state index in [9.17, 15) is 5.26 Å². The third-order valence-electron chi connectivity index (χ3n) is 3.82. The molecule has 3 heteroatoms. The van der Waals surface area contributed by atoms with Gasteiger partial charge in [-0.25, -0.2) is 0 Å². The van der Waals surface area contributed by atoms with E-state index in [1.54, 1.807) is 0 Å². The van der Waals surface area contributed by atoms with E-state index in [1.165, 1.54) is 19.3 Å². The van der Waals surface area contributed by atoms with Crippen LogP contribution in [0.4, 0.5) is 5.69 Å². The van der Waals surface area contributed by atoms with Crippen LogP contribution >= 0.6 is 0 Å². The minimum Gasteiger partial charge on any atom is -0.384 e. The maximum atomic E-state index is 9.19. The Labute approximate surface area is 109 Å². The molecule has 0 spiro atoms. The molecule has 0 aliphatic heterocycles. The number of nitriles is 1. The Hall–Kier alpha value is -1.56. The summed E-state index contributed by atoms with van der Waals surface area (Å²) >= 11 is 0. The number of hydrogen-bond donors (Lipinski definition) is 1. The first-order valence-electron chi connectivity index (χ1n) is 6.72. The average Bonchev–Trinajstić information content (AvgIpc) is 2.72. The molecule has 2 rings (SSSR count). The standard InChI is InChI=1S/C15H21N3/c1-10-4-5-13(6-10)9-17-15-7-11(2)18-12(3)14(15)8-16/h7,10,13H,4-6,9H2,1-3H3,(H,17,18). The number of anilines is 1. The zero-order chi connectivity index (χ0) is 13.1. The minimum atomic E-state index is 0.687. The van der Waals surface area contributed by atoms with Gasteiger partial charge in [-0.05, 0) is 44.6 Å². The molecule has 18 heavy (non-hydrogen) atoms. The second kappa shape index (κ2) is 5.39. The fourth-order valence-electron chi connectivity index (χ4n) is 2.87. The van der Waals surface area contributed by atoms with Gasteiger partial charge in [0.1, 0.15) is 6.07 Å². The molecule has 2 unspecified atom stereocenters. The highest BCUT2D eigenvalue weighted by Crippen LogP contribution is 2.30. The van der Waals surface area contributed by atoms with E-state index in [0.29, 0.717) is 5.56 Å². The molecule has 96 valence electrons. The third-order valence-corrected chi connectivity index (χ3v) is 3.82. The molecule has 1 fully saturated rings. The Morgan fingerprint density at radius 1 is 1.44 bits per heavy atom. The molecule has 1 aromatic heterocycles. The highest BCUT2D eigenvalue weighted by atomic mass is 14.9. The number of nitrogens with one attached hydrogen (secondary N) is 1. The number of rotatable bonds is 3. The lowest BCUT2D eigenvalue weighted by Crippen LogP contribution is -2.13. The van der Waals surface area contributed by atoms with Crippen molar-refractivity contribution in [2.75, 3.05) is 11.9 Å². The quantitative estimate of drug-likeness (QED) is 0.885. The Balaban J connectivity index is 2.07. The van der Waals surface area contributed by atoms with Gasteiger partial charge in [-0.3, -0.25) is 4.98 Å². The van der Waals surface area contributed by atoms with Crippen molar-refractivity contribution in [1.82, 2.24) is 4.98 Å². The third kappa shape index (κ3) is 2.81. The van der Waals surface area contributed by atoms with Crippen LogP contribution in [0.3, 0.4) is 0 Å². The molecule has 1 saturated carbocycles. The van der Waals surface area contributed by atoms with Crippen LogP contribution < -0.4 is 5.32 Å². The Bertz CT molecular complexity index is 473. The zero-order valence-electron chi connectivity index (χ0n) is 11.5. The lowest BCUT2D eigenvalue weighted by Gasteiger charge is -2.14. The summed E-state index contributed by atoms with van der Waals surface area (Å²) in [6.07, 6.45) is 3.95. The first-order valence-corrected chi connectivity index (χ1v) is 6.72. The van der Waals surface area contributed by atoms with E-state index < -0.39 is 0 Å². The van der Waals surface area contributed by atoms with Gasteiger partial charge in [0.05, 0.1) is 16.9 Å². The van der Waals surface area contributed by atoms with Gasteiger partial charge in [-0.2, -0.15) is 5.26 Å². The Kier molecular flexibility index (Phi) is 3.86. The molecule has 0 radical (unpaired) electrons. The molecule has 0 amide bonds. The van der Waals surface area contributed by atoms with Crippen molar-refractivity contribution in [3.8, 4) is 6.07 Å². The predicted molar refractivity (Wildman–Crippen MR) is 73.4 cm³/mol. The molecular weight excluding hydrogens is 222 g/mol. The van der Waals surface area contributed by atoms with Crippen molar-refractivity contribution >= 4 is 5.69 Å². The largest absolute Gasteiger partial charge is 0.384 e. The maximum Gasteiger partial charge on any atom is 0.103 e. The van der Waals surface area contributed by atoms with Crippen LogP contribution in [0.2, 0.25) is 0 Å². The van der Waals surface area contributed by atoms with Crippen LogP contribution in [-0.2, 0) is 0 Å². The van der Waals surface area contributed by atoms with Gasteiger partial charge in [0, 0.05) is 12.2 Å². The predicted octanol–water partition coefficient (Wildman–Crippen LogP) is 3.42. The summed E-state index contributed by atoms with van der Waals surface area (Å²) in [5.74, 6) is 1.61. The molecule has 1 aliphatic rings. The van der Waals surface area contributed by atoms with E-state index in [-0.39, 0.29) is 0 Å². The molecule has 0 bridgehead atoms. The summed E-state index contributed by atoms with van der Waals surface area (Å²) in [4.78, 5) is 4.33. The summed E-state index contributed by atoms with van der Waals surface area (Å²) in [6, 6.07) is 4.23. The number of pyridine rings is 1. The van der Waals surface area contributed by atoms with E-state index >= 15 is 0 Å². The molecule has 1 aliphatic carbocycles. The molecule has 1 heterocycles. The highest BCUT2D eigenvalue weighted by Gasteiger charge is 2.21. The van der Waals surface area contributed by atoms with Crippen LogP contribution in [0.5, 0.6) is 0 Å². The number of aromatic nitrogens is 1. The molecule has 0 aromatic carbocycles. The van der Waals surface area contributed by atoms with E-state index in [4.69, 9.17) is 0 Å². The zero-order valence-corrected chi connectivity index (χ0v) is 11.5. The second-order valence-electron chi connectivity index (χ2n) is 5.55. The lowest BCUT2D eigenvalue weighted by molar-refractivity contribution is 0.537. The summed E-state index contributed by atoms with van der Waals surface area (Å²) in [5, 5.41) is 12.6. The number of hydrogen-bond acceptors (Lipinski definition) is 3. The first-order chi connectivity index (χ1) is 8.60. The molecule has 1 aromatic rings. The number of nitrogens with zero attached hydrogens (tertiary/aromatic N) is 2. The summed E-state index contributed by atoms with van der Waals surface area (Å²) < 4.78 is 0. The molecule has 0 saturated heterocycles. The fraction of sp³-hybridized carbons (Fsp3) is 0.600. The van der Waals surface area contributed by atoms with Gasteiger partial charge in [0.25, 0.3) is 0 Å². The number of aryl methyl sites for hydroxylation is 2. The van der Waals surface area contributed by atoms with Crippen LogP contribution in [0, 0.1) is 37.0 Å². The van der Waals surface area contributed by atoms with Gasteiger partial charge in [-0.1, -0.05) is 13.3 Å². The Morgan fingerprint density at radius 2 is 2.22 bits per heavy atom. The average molecular weight is 243 g/mol. The van der Waals surface area contributed by atoms with E-state index in [1.807, 2.05) is 19.9 Å². The topological polar surface area (TPSA) is 48.7 Å². The van der Waals surface area contributed by atoms with Crippen LogP contribution in [0.15, 0.2) is 6.07 Å². The van der Waals surface area contributed by atoms with Gasteiger partial charge in [-0.15, -0.1) is 0 Å². The van der Waals surface area contributed by atoms with Crippen molar-refractivity contribution in [3.05, 3.63) is 23.0 Å². The van der Waals surface area contributed by atoms with Crippen molar-refractivity contribution in [1.29, 1.82) is 5.26 Å². The monoisotopic (exact) mass is 243 g/mol. The van der Waals surface area contributed by atoms with Gasteiger partial charge in [0.15, 0.2) is 0 Å². The van der Waals surface area contributed by atoms with Crippen LogP contribution in [0.1, 0.15) is 43.1 Å². The molecule has 2 atom stereocenters. The maximum absolute atomic E-state index is 9.19. The van der Waals surface area contributed by atoms with Crippen molar-refractivity contribution in [2.45, 2.75) is 40.0 Å². The summed E-state index contributed by atoms with van der Waals surface area (Å²) in [6.45, 7) is 7.16. The molecule has 1 N–H and O–H groups in total. The smallest absolute Gasteiger partial charge is 0.103 e. The van der Waals surface area contributed by atoms with Gasteiger partial charge in [0.2, 0.25) is 0 Å². The van der Waals surface area contributed by atoms with E-state index in [0.717, 1.165) is 35.5 Å². The summed E-state index contributed by atoms with van der Waals surface area (Å²) in [7, 11) is 0. The first kappa shape index (κ1) is 12.9. The van der Waals surface area contributed by atoms with E-state index in [2.05, 4.69) is 23.3 Å². The highest BCUT2D eigenvalue weighted by molar-refractivity contribution is 5.59. The van der Waals surface area contributed by atoms with Crippen molar-refractivity contribution in [3.63, 3.8) is 0 Å². The van der Waals surface area contributed by atoms with Crippen molar-refractivity contribution < 1.29 is 0 Å². The van der Waals surface area contributed by atoms with Gasteiger partial charge < -0.3 is 5.32 Å². The van der Waals surface area contributed by atoms with Crippen LogP contribution in [0.25, 0.3) is 0 Å². The fourth-order valence-corrected chi connectivity index (χ4v) is 2.87. The lowest BCUT2D eigenvalue weighted by atomic mass is 10.1. The second-order valence-corrected chi connectivity index (χ2v) is 5.55.